The van der Waals surface area contributed by atoms with Gasteiger partial charge in [-0.2, -0.15) is 0 Å². The molecule has 3 aromatic heterocycles. The van der Waals surface area contributed by atoms with Crippen molar-refractivity contribution in [2.75, 3.05) is 13.1 Å². The zero-order valence-corrected chi connectivity index (χ0v) is 19.5. The zero-order chi connectivity index (χ0) is 20.1. The first-order valence-electron chi connectivity index (χ1n) is 9.37. The molecule has 10 heteroatoms. The van der Waals surface area contributed by atoms with Crippen LogP contribution < -0.4 is 10.6 Å². The highest BCUT2D eigenvalue weighted by Crippen LogP contribution is 2.29. The van der Waals surface area contributed by atoms with Crippen molar-refractivity contribution in [1.29, 1.82) is 0 Å². The SMILES string of the molecule is CCNC(=NCc1nc(-c2ccco2)n[nH]1)NCC(O)c1cc2ccccc2s1.I. The monoisotopic (exact) mass is 538 g/mol. The average molecular weight is 538 g/mol. The second-order valence-corrected chi connectivity index (χ2v) is 7.48. The van der Waals surface area contributed by atoms with E-state index >= 15 is 0 Å². The van der Waals surface area contributed by atoms with Gasteiger partial charge in [0.05, 0.1) is 6.26 Å². The first-order valence-corrected chi connectivity index (χ1v) is 10.2. The van der Waals surface area contributed by atoms with E-state index in [2.05, 4.69) is 42.9 Å². The summed E-state index contributed by atoms with van der Waals surface area (Å²) < 4.78 is 6.46. The molecule has 0 saturated heterocycles. The summed E-state index contributed by atoms with van der Waals surface area (Å²) >= 11 is 1.60. The molecule has 0 bridgehead atoms. The molecule has 0 radical (unpaired) electrons. The summed E-state index contributed by atoms with van der Waals surface area (Å²) in [4.78, 5) is 9.81. The number of aliphatic imine (C=N–C) groups is 1. The molecule has 0 amide bonds. The number of benzene rings is 1. The number of aliphatic hydroxyl groups excluding tert-OH is 1. The van der Waals surface area contributed by atoms with Crippen molar-refractivity contribution in [3.05, 3.63) is 59.4 Å². The summed E-state index contributed by atoms with van der Waals surface area (Å²) in [6.45, 7) is 3.37. The molecule has 4 N–H and O–H groups in total. The Bertz CT molecular complexity index is 1060. The van der Waals surface area contributed by atoms with Crippen molar-refractivity contribution in [1.82, 2.24) is 25.8 Å². The number of H-pyrrole nitrogens is 1. The van der Waals surface area contributed by atoms with E-state index in [1.54, 1.807) is 29.7 Å². The third-order valence-corrected chi connectivity index (χ3v) is 5.46. The van der Waals surface area contributed by atoms with Crippen LogP contribution in [0.1, 0.15) is 23.7 Å². The standard InChI is InChI=1S/C20H22N6O2S.HI/c1-2-21-20(23-12-18-24-19(26-25-18)15-7-5-9-28-15)22-11-14(27)17-10-13-6-3-4-8-16(13)29-17;/h3-10,14,27H,2,11-12H2,1H3,(H2,21,22,23)(H,24,25,26);1H. The van der Waals surface area contributed by atoms with Gasteiger partial charge in [-0.25, -0.2) is 9.98 Å². The highest BCUT2D eigenvalue weighted by Gasteiger charge is 2.13. The number of aliphatic hydroxyl groups is 1. The van der Waals surface area contributed by atoms with Crippen molar-refractivity contribution in [3.63, 3.8) is 0 Å². The van der Waals surface area contributed by atoms with E-state index in [1.165, 1.54) is 4.70 Å². The Hall–Kier alpha value is -2.44. The van der Waals surface area contributed by atoms with Gasteiger partial charge in [0.15, 0.2) is 11.7 Å². The number of nitrogens with zero attached hydrogens (tertiary/aromatic N) is 3. The third kappa shape index (κ3) is 5.37. The van der Waals surface area contributed by atoms with Gasteiger partial charge in [-0.05, 0) is 36.6 Å². The van der Waals surface area contributed by atoms with Gasteiger partial charge in [-0.15, -0.1) is 40.4 Å². The Morgan fingerprint density at radius 1 is 1.27 bits per heavy atom. The van der Waals surface area contributed by atoms with E-state index in [1.807, 2.05) is 25.1 Å². The summed E-state index contributed by atoms with van der Waals surface area (Å²) in [7, 11) is 0. The number of hydrogen-bond donors (Lipinski definition) is 4. The van der Waals surface area contributed by atoms with Gasteiger partial charge in [0.1, 0.15) is 18.5 Å². The van der Waals surface area contributed by atoms with Gasteiger partial charge in [-0.1, -0.05) is 18.2 Å². The lowest BCUT2D eigenvalue weighted by molar-refractivity contribution is 0.184. The molecule has 1 aromatic carbocycles. The van der Waals surface area contributed by atoms with E-state index < -0.39 is 6.10 Å². The smallest absolute Gasteiger partial charge is 0.216 e. The normalized spacial score (nSPS) is 12.5. The Labute approximate surface area is 194 Å². The van der Waals surface area contributed by atoms with Crippen molar-refractivity contribution >= 4 is 51.4 Å². The van der Waals surface area contributed by atoms with Gasteiger partial charge in [-0.3, -0.25) is 5.10 Å². The summed E-state index contributed by atoms with van der Waals surface area (Å²) in [5.41, 5.74) is 0. The van der Waals surface area contributed by atoms with Crippen LogP contribution in [-0.2, 0) is 6.54 Å². The largest absolute Gasteiger partial charge is 0.461 e. The second kappa shape index (κ2) is 10.5. The molecule has 0 aliphatic rings. The number of furan rings is 1. The molecule has 1 atom stereocenters. The fourth-order valence-corrected chi connectivity index (χ4v) is 3.89. The minimum atomic E-state index is -0.618. The summed E-state index contributed by atoms with van der Waals surface area (Å²) in [6.07, 6.45) is 0.964. The zero-order valence-electron chi connectivity index (χ0n) is 16.3. The molecule has 0 aliphatic heterocycles. The van der Waals surface area contributed by atoms with Crippen LogP contribution >= 0.6 is 35.3 Å². The molecule has 3 heterocycles. The number of hydrogen-bond acceptors (Lipinski definition) is 6. The Balaban J connectivity index is 0.00000256. The first-order chi connectivity index (χ1) is 14.2. The lowest BCUT2D eigenvalue weighted by atomic mass is 10.2. The number of aromatic nitrogens is 3. The van der Waals surface area contributed by atoms with Gasteiger partial charge < -0.3 is 20.2 Å². The minimum Gasteiger partial charge on any atom is -0.461 e. The molecule has 0 aliphatic carbocycles. The van der Waals surface area contributed by atoms with Crippen LogP contribution in [0.15, 0.2) is 58.1 Å². The van der Waals surface area contributed by atoms with Crippen molar-refractivity contribution in [2.45, 2.75) is 19.6 Å². The van der Waals surface area contributed by atoms with Gasteiger partial charge >= 0.3 is 0 Å². The summed E-state index contributed by atoms with van der Waals surface area (Å²) in [6, 6.07) is 13.7. The van der Waals surface area contributed by atoms with Gasteiger partial charge in [0.2, 0.25) is 5.82 Å². The van der Waals surface area contributed by atoms with Crippen molar-refractivity contribution in [2.24, 2.45) is 4.99 Å². The lowest BCUT2D eigenvalue weighted by Crippen LogP contribution is -2.39. The average Bonchev–Trinajstić information content (AvgIpc) is 3.49. The van der Waals surface area contributed by atoms with Crippen molar-refractivity contribution in [3.8, 4) is 11.6 Å². The number of aromatic amines is 1. The quantitative estimate of drug-likeness (QED) is 0.162. The fraction of sp³-hybridized carbons (Fsp3) is 0.250. The number of rotatable bonds is 7. The maximum absolute atomic E-state index is 10.6. The Morgan fingerprint density at radius 2 is 2.13 bits per heavy atom. The van der Waals surface area contributed by atoms with Crippen molar-refractivity contribution < 1.29 is 9.52 Å². The van der Waals surface area contributed by atoms with Crippen LogP contribution in [0.5, 0.6) is 0 Å². The van der Waals surface area contributed by atoms with Crippen LogP contribution in [0.2, 0.25) is 0 Å². The predicted molar refractivity (Wildman–Crippen MR) is 129 cm³/mol. The molecule has 0 fully saturated rings. The van der Waals surface area contributed by atoms with Gasteiger partial charge in [0.25, 0.3) is 0 Å². The highest BCUT2D eigenvalue weighted by atomic mass is 127. The van der Waals surface area contributed by atoms with Crippen LogP contribution in [0.3, 0.4) is 0 Å². The molecule has 0 saturated carbocycles. The molecule has 0 spiro atoms. The molecule has 4 aromatic rings. The predicted octanol–water partition coefficient (Wildman–Crippen LogP) is 3.69. The van der Waals surface area contributed by atoms with Crippen LogP contribution in [0.25, 0.3) is 21.7 Å². The molecule has 1 unspecified atom stereocenters. The fourth-order valence-electron chi connectivity index (χ4n) is 2.84. The topological polar surface area (TPSA) is 111 Å². The minimum absolute atomic E-state index is 0. The Kier molecular flexibility index (Phi) is 7.82. The van der Waals surface area contributed by atoms with E-state index in [9.17, 15) is 5.11 Å². The molecule has 158 valence electrons. The van der Waals surface area contributed by atoms with Crippen LogP contribution in [0, 0.1) is 0 Å². The molecular formula is C20H23IN6O2S. The molecule has 8 nitrogen and oxygen atoms in total. The van der Waals surface area contributed by atoms with Gasteiger partial charge in [0, 0.05) is 22.7 Å². The van der Waals surface area contributed by atoms with E-state index in [-0.39, 0.29) is 24.0 Å². The van der Waals surface area contributed by atoms with E-state index in [4.69, 9.17) is 4.42 Å². The molecule has 4 rings (SSSR count). The molecular weight excluding hydrogens is 515 g/mol. The number of nitrogens with one attached hydrogen (secondary N) is 3. The third-order valence-electron chi connectivity index (χ3n) is 4.24. The van der Waals surface area contributed by atoms with Crippen LogP contribution in [0.4, 0.5) is 0 Å². The number of halogens is 1. The first kappa shape index (κ1) is 22.2. The Morgan fingerprint density at radius 3 is 2.90 bits per heavy atom. The number of guanidine groups is 1. The number of fused-ring (bicyclic) bond motifs is 1. The number of thiophene rings is 1. The maximum Gasteiger partial charge on any atom is 0.216 e. The van der Waals surface area contributed by atoms with E-state index in [0.717, 1.165) is 10.3 Å². The maximum atomic E-state index is 10.6. The summed E-state index contributed by atoms with van der Waals surface area (Å²) in [5, 5.41) is 25.1. The summed E-state index contributed by atoms with van der Waals surface area (Å²) in [5.74, 6) is 2.33. The second-order valence-electron chi connectivity index (χ2n) is 6.36. The highest BCUT2D eigenvalue weighted by molar-refractivity contribution is 14.0. The van der Waals surface area contributed by atoms with E-state index in [0.29, 0.717) is 43.0 Å². The lowest BCUT2D eigenvalue weighted by Gasteiger charge is -2.14. The van der Waals surface area contributed by atoms with Crippen LogP contribution in [-0.4, -0.2) is 39.3 Å². The molecule has 30 heavy (non-hydrogen) atoms.